The Hall–Kier alpha value is -9.09. The Morgan fingerprint density at radius 1 is 0.506 bits per heavy atom. The van der Waals surface area contributed by atoms with E-state index >= 15 is 0 Å². The summed E-state index contributed by atoms with van der Waals surface area (Å²) >= 11 is 0. The van der Waals surface area contributed by atoms with Crippen molar-refractivity contribution < 1.29 is 44.1 Å². The Balaban J connectivity index is 0.00000758. The zero-order valence-corrected chi connectivity index (χ0v) is 47.5. The van der Waals surface area contributed by atoms with Crippen molar-refractivity contribution in [3.63, 3.8) is 0 Å². The summed E-state index contributed by atoms with van der Waals surface area (Å²) in [6.45, 7) is 13.0. The molecule has 14 aromatic rings. The number of pyridine rings is 1. The van der Waals surface area contributed by atoms with Crippen LogP contribution in [0.1, 0.15) is 66.4 Å². The van der Waals surface area contributed by atoms with Gasteiger partial charge in [-0.05, 0) is 108 Å². The molecule has 0 aliphatic heterocycles. The quantitative estimate of drug-likeness (QED) is 0.107. The van der Waals surface area contributed by atoms with E-state index in [4.69, 9.17) is 17.9 Å². The second kappa shape index (κ2) is 20.2. The maximum absolute atomic E-state index is 9.35. The fraction of sp³-hybridized carbons (Fsp3) is 0.108. The molecule has 0 aliphatic carbocycles. The van der Waals surface area contributed by atoms with E-state index in [1.165, 1.54) is 0 Å². The molecule has 0 aliphatic rings. The summed E-state index contributed by atoms with van der Waals surface area (Å²) in [5, 5.41) is 4.07. The fourth-order valence-electron chi connectivity index (χ4n) is 11.3. The number of nitrogens with zero attached hydrogens (tertiary/aromatic N) is 5. The monoisotopic (exact) mass is 1240 g/mol. The number of fused-ring (bicyclic) bond motifs is 7. The van der Waals surface area contributed by atoms with Gasteiger partial charge in [-0.1, -0.05) is 222 Å². The fourth-order valence-corrected chi connectivity index (χ4v) is 11.3. The van der Waals surface area contributed by atoms with Crippen LogP contribution in [0, 0.1) is 18.5 Å². The molecule has 396 valence electrons. The minimum Gasteiger partial charge on any atom is -0.508 e. The number of imidazole rings is 1. The molecule has 0 amide bonds. The molecule has 4 aromatic heterocycles. The van der Waals surface area contributed by atoms with Crippen molar-refractivity contribution in [2.24, 2.45) is 0 Å². The Morgan fingerprint density at radius 3 is 1.73 bits per heavy atom. The van der Waals surface area contributed by atoms with Crippen molar-refractivity contribution in [2.75, 3.05) is 0 Å². The summed E-state index contributed by atoms with van der Waals surface area (Å²) < 4.78 is 105. The van der Waals surface area contributed by atoms with Gasteiger partial charge in [-0.3, -0.25) is 4.57 Å². The van der Waals surface area contributed by atoms with E-state index in [9.17, 15) is 5.48 Å². The molecule has 0 saturated carbocycles. The summed E-state index contributed by atoms with van der Waals surface area (Å²) in [6.07, 6.45) is 5.44. The van der Waals surface area contributed by atoms with Gasteiger partial charge in [0.2, 0.25) is 0 Å². The Bertz CT molecular complexity index is 5150. The Labute approximate surface area is 501 Å². The zero-order valence-electron chi connectivity index (χ0n) is 55.2. The number of benzene rings is 10. The van der Waals surface area contributed by atoms with Crippen LogP contribution in [0.15, 0.2) is 236 Å². The van der Waals surface area contributed by atoms with E-state index in [1.807, 2.05) is 91.1 Å². The predicted molar refractivity (Wildman–Crippen MR) is 328 cm³/mol. The van der Waals surface area contributed by atoms with Crippen molar-refractivity contribution in [1.29, 1.82) is 0 Å². The number of hydrogen-bond donors (Lipinski definition) is 0. The van der Waals surface area contributed by atoms with Gasteiger partial charge in [-0.2, -0.15) is 12.1 Å². The zero-order chi connectivity index (χ0) is 63.0. The maximum Gasteiger partial charge on any atom is 0.268 e. The van der Waals surface area contributed by atoms with Gasteiger partial charge in [-0.15, -0.1) is 24.3 Å². The Kier molecular flexibility index (Phi) is 10.2. The first-order valence-electron chi connectivity index (χ1n) is 31.6. The minimum atomic E-state index is -0.585. The van der Waals surface area contributed by atoms with Crippen LogP contribution in [-0.4, -0.2) is 18.7 Å². The van der Waals surface area contributed by atoms with Gasteiger partial charge < -0.3 is 18.4 Å². The standard InChI is InChI=1S/C74H57N5O.Pt/c1-73(2,3)52-41-42-75-71(44-52)79-65-38-20-16-32-60(65)61-46-69(78-63-36-18-14-30-58(63)59-31-15-19-37-64(59)78)70(47-67(61)79)80-54-28-21-27-53(45-54)76-48-77(68-43-51(39-40-66(68)76)55-29-13-17-35-62(55)74(4,5)6)72-56(49-23-9-7-10-24-49)33-22-34-57(72)50-25-11-8-12-26-50;/h7-44,46H,1-6H3;/q-2;/i7D,8D,9D,10D,11D,12D,23D,24D,25D,26D;. The van der Waals surface area contributed by atoms with Crippen LogP contribution >= 0.6 is 0 Å². The van der Waals surface area contributed by atoms with Crippen molar-refractivity contribution in [3.8, 4) is 67.8 Å². The van der Waals surface area contributed by atoms with Gasteiger partial charge in [0.05, 0.1) is 30.4 Å². The van der Waals surface area contributed by atoms with Crippen molar-refractivity contribution in [1.82, 2.24) is 18.7 Å². The van der Waals surface area contributed by atoms with E-state index < -0.39 is 60.4 Å². The van der Waals surface area contributed by atoms with E-state index in [2.05, 4.69) is 136 Å². The summed E-state index contributed by atoms with van der Waals surface area (Å²) in [5.74, 6) is 1.44. The molecule has 0 spiro atoms. The smallest absolute Gasteiger partial charge is 0.268 e. The van der Waals surface area contributed by atoms with Gasteiger partial charge in [0.15, 0.2) is 0 Å². The molecule has 0 N–H and O–H groups in total. The third-order valence-electron chi connectivity index (χ3n) is 15.0. The first-order chi connectivity index (χ1) is 43.1. The molecule has 4 heterocycles. The SMILES string of the molecule is [2H]c1c([2H])c([2H])c(-c2cccc(-c3c([2H])c([2H])c([2H])c([2H])c3[2H])c2-[n+]2[c-]n(-c3[c-]c(Oc4[c-]c5c(cc4-n4c6ccccc6c6ccccc64)c4ccccc4n5-c4cc(C(C)(C)C)ccn4)ccc3)c3ccc(-c4ccccc4C(C)(C)C)cc32)c([2H])c1[2H].[Pt]. The molecular weight excluding hydrogens is 1170 g/mol. The van der Waals surface area contributed by atoms with Crippen LogP contribution < -0.4 is 9.30 Å². The summed E-state index contributed by atoms with van der Waals surface area (Å²) in [7, 11) is 0. The number of ether oxygens (including phenoxy) is 1. The maximum atomic E-state index is 9.35. The molecule has 7 heteroatoms. The number of para-hydroxylation sites is 4. The van der Waals surface area contributed by atoms with Gasteiger partial charge in [0.25, 0.3) is 6.33 Å². The number of hydrogen-bond acceptors (Lipinski definition) is 2. The van der Waals surface area contributed by atoms with Crippen molar-refractivity contribution in [3.05, 3.63) is 266 Å². The molecule has 0 bridgehead atoms. The average Bonchev–Trinajstić information content (AvgIpc) is 1.65. The second-order valence-electron chi connectivity index (χ2n) is 22.1. The summed E-state index contributed by atoms with van der Waals surface area (Å²) in [5.41, 5.74) is 9.46. The molecule has 14 rings (SSSR count). The van der Waals surface area contributed by atoms with Crippen LogP contribution in [0.4, 0.5) is 0 Å². The summed E-state index contributed by atoms with van der Waals surface area (Å²) in [4.78, 5) is 4.98. The van der Waals surface area contributed by atoms with Crippen LogP contribution in [0.5, 0.6) is 11.5 Å². The molecule has 6 nitrogen and oxygen atoms in total. The minimum absolute atomic E-state index is 0. The largest absolute Gasteiger partial charge is 0.508 e. The molecule has 0 atom stereocenters. The van der Waals surface area contributed by atoms with Crippen LogP contribution in [-0.2, 0) is 31.9 Å². The molecule has 0 fully saturated rings. The molecule has 0 radical (unpaired) electrons. The molecule has 0 unspecified atom stereocenters. The molecule has 0 saturated heterocycles. The second-order valence-corrected chi connectivity index (χ2v) is 22.1. The van der Waals surface area contributed by atoms with Crippen LogP contribution in [0.3, 0.4) is 0 Å². The predicted octanol–water partition coefficient (Wildman–Crippen LogP) is 18.3. The third kappa shape index (κ3) is 8.95. The van der Waals surface area contributed by atoms with E-state index in [0.717, 1.165) is 77.4 Å². The van der Waals surface area contributed by atoms with Crippen molar-refractivity contribution >= 4 is 54.6 Å². The van der Waals surface area contributed by atoms with Crippen LogP contribution in [0.25, 0.3) is 111 Å². The van der Waals surface area contributed by atoms with E-state index in [0.29, 0.717) is 28.2 Å². The third-order valence-corrected chi connectivity index (χ3v) is 15.0. The first-order valence-corrected chi connectivity index (χ1v) is 26.6. The van der Waals surface area contributed by atoms with Gasteiger partial charge in [0, 0.05) is 66.1 Å². The van der Waals surface area contributed by atoms with E-state index in [-0.39, 0.29) is 59.8 Å². The molecule has 81 heavy (non-hydrogen) atoms. The van der Waals surface area contributed by atoms with E-state index in [1.54, 1.807) is 27.3 Å². The normalized spacial score (nSPS) is 13.7. The molecular formula is C74H57N5OPt-2. The van der Waals surface area contributed by atoms with Gasteiger partial charge >= 0.3 is 0 Å². The Morgan fingerprint density at radius 2 is 1.09 bits per heavy atom. The van der Waals surface area contributed by atoms with Crippen LogP contribution in [0.2, 0.25) is 0 Å². The number of aromatic nitrogens is 5. The van der Waals surface area contributed by atoms with Gasteiger partial charge in [-0.25, -0.2) is 4.98 Å². The topological polar surface area (TPSA) is 40.8 Å². The summed E-state index contributed by atoms with van der Waals surface area (Å²) in [6, 6.07) is 57.7. The molecule has 10 aromatic carbocycles. The average molecular weight is 1240 g/mol. The number of rotatable bonds is 9. The van der Waals surface area contributed by atoms with Gasteiger partial charge in [0.1, 0.15) is 5.82 Å². The van der Waals surface area contributed by atoms with Crippen molar-refractivity contribution in [2.45, 2.75) is 52.4 Å². The first kappa shape index (κ1) is 41.0.